The molecule has 0 aliphatic carbocycles. The van der Waals surface area contributed by atoms with Gasteiger partial charge in [-0.1, -0.05) is 38.1 Å². The number of anilines is 1. The summed E-state index contributed by atoms with van der Waals surface area (Å²) in [5.41, 5.74) is 12.4. The van der Waals surface area contributed by atoms with E-state index in [2.05, 4.69) is 19.2 Å². The first kappa shape index (κ1) is 22.3. The minimum atomic E-state index is -0.912. The third-order valence-corrected chi connectivity index (χ3v) is 4.08. The predicted molar refractivity (Wildman–Crippen MR) is 105 cm³/mol. The Labute approximate surface area is 162 Å². The molecule has 0 saturated carbocycles. The van der Waals surface area contributed by atoms with Gasteiger partial charge < -0.3 is 16.8 Å². The average Bonchev–Trinajstić information content (AvgIpc) is 2.60. The van der Waals surface area contributed by atoms with Crippen molar-refractivity contribution in [2.75, 3.05) is 12.3 Å². The summed E-state index contributed by atoms with van der Waals surface area (Å²) in [5, 5.41) is 13.4. The van der Waals surface area contributed by atoms with Gasteiger partial charge >= 0.3 is 0 Å². The topological polar surface area (TPSA) is 124 Å². The summed E-state index contributed by atoms with van der Waals surface area (Å²) in [4.78, 5) is 22.3. The lowest BCUT2D eigenvalue weighted by atomic mass is 9.99. The standard InChI is InChI=1S/C18H21FN4O3.ClH/c1-10(2)11-3-5-12(6-4-11)15(20)9-22-18(24)14-7-13(19)8-16(17(14)21)23(25)26;/h3-8,10,15H,9,20-21H2,1-2H3,(H,22,24);1H. The Morgan fingerprint density at radius 3 is 2.30 bits per heavy atom. The SMILES string of the molecule is CC(C)c1ccc(C(N)CNC(=O)c2cc(F)cc([N+](=O)[O-])c2N)cc1.Cl. The Morgan fingerprint density at radius 2 is 1.78 bits per heavy atom. The maximum Gasteiger partial charge on any atom is 0.295 e. The first-order valence-corrected chi connectivity index (χ1v) is 8.07. The Balaban J connectivity index is 0.00000364. The lowest BCUT2D eigenvalue weighted by Crippen LogP contribution is -2.32. The average molecular weight is 397 g/mol. The Morgan fingerprint density at radius 1 is 1.22 bits per heavy atom. The van der Waals surface area contributed by atoms with Crippen molar-refractivity contribution in [3.8, 4) is 0 Å². The van der Waals surface area contributed by atoms with Crippen molar-refractivity contribution in [1.82, 2.24) is 5.32 Å². The fourth-order valence-corrected chi connectivity index (χ4v) is 2.49. The van der Waals surface area contributed by atoms with E-state index in [-0.39, 0.29) is 30.2 Å². The van der Waals surface area contributed by atoms with E-state index in [1.165, 1.54) is 5.56 Å². The second-order valence-electron chi connectivity index (χ2n) is 6.28. The number of hydrogen-bond donors (Lipinski definition) is 3. The van der Waals surface area contributed by atoms with Gasteiger partial charge in [-0.15, -0.1) is 12.4 Å². The highest BCUT2D eigenvalue weighted by Crippen LogP contribution is 2.26. The number of carbonyl (C=O) groups excluding carboxylic acids is 1. The van der Waals surface area contributed by atoms with Gasteiger partial charge in [-0.2, -0.15) is 0 Å². The van der Waals surface area contributed by atoms with Crippen LogP contribution in [0.4, 0.5) is 15.8 Å². The van der Waals surface area contributed by atoms with Crippen LogP contribution in [0.3, 0.4) is 0 Å². The smallest absolute Gasteiger partial charge is 0.295 e. The summed E-state index contributed by atoms with van der Waals surface area (Å²) in [6.07, 6.45) is 0. The van der Waals surface area contributed by atoms with Crippen LogP contribution in [-0.4, -0.2) is 17.4 Å². The fraction of sp³-hybridized carbons (Fsp3) is 0.278. The van der Waals surface area contributed by atoms with E-state index < -0.39 is 28.4 Å². The summed E-state index contributed by atoms with van der Waals surface area (Å²) >= 11 is 0. The Kier molecular flexibility index (Phi) is 7.68. The van der Waals surface area contributed by atoms with Crippen LogP contribution in [0.2, 0.25) is 0 Å². The molecule has 9 heteroatoms. The molecule has 0 spiro atoms. The van der Waals surface area contributed by atoms with Crippen molar-refractivity contribution >= 4 is 29.7 Å². The quantitative estimate of drug-likeness (QED) is 0.392. The first-order valence-electron chi connectivity index (χ1n) is 8.07. The number of nitrogens with two attached hydrogens (primary N) is 2. The van der Waals surface area contributed by atoms with Crippen molar-refractivity contribution in [1.29, 1.82) is 0 Å². The maximum absolute atomic E-state index is 13.5. The van der Waals surface area contributed by atoms with Gasteiger partial charge in [-0.05, 0) is 23.1 Å². The molecule has 1 amide bonds. The number of amides is 1. The molecule has 2 aromatic rings. The molecular weight excluding hydrogens is 375 g/mol. The second kappa shape index (κ2) is 9.29. The zero-order chi connectivity index (χ0) is 19.4. The number of hydrogen-bond acceptors (Lipinski definition) is 5. The molecule has 0 saturated heterocycles. The van der Waals surface area contributed by atoms with Crippen molar-refractivity contribution in [3.63, 3.8) is 0 Å². The number of nitro groups is 1. The molecule has 2 aromatic carbocycles. The van der Waals surface area contributed by atoms with E-state index in [0.29, 0.717) is 12.0 Å². The summed E-state index contributed by atoms with van der Waals surface area (Å²) in [6.45, 7) is 4.24. The molecule has 1 atom stereocenters. The second-order valence-corrected chi connectivity index (χ2v) is 6.28. The van der Waals surface area contributed by atoms with Crippen LogP contribution in [0.5, 0.6) is 0 Å². The first-order chi connectivity index (χ1) is 12.2. The lowest BCUT2D eigenvalue weighted by Gasteiger charge is -2.15. The number of nitro benzene ring substituents is 1. The van der Waals surface area contributed by atoms with Crippen LogP contribution < -0.4 is 16.8 Å². The van der Waals surface area contributed by atoms with Crippen LogP contribution >= 0.6 is 12.4 Å². The fourth-order valence-electron chi connectivity index (χ4n) is 2.49. The van der Waals surface area contributed by atoms with Crippen LogP contribution in [-0.2, 0) is 0 Å². The number of nitrogens with zero attached hydrogens (tertiary/aromatic N) is 1. The molecule has 146 valence electrons. The van der Waals surface area contributed by atoms with Crippen molar-refractivity contribution in [2.24, 2.45) is 5.73 Å². The van der Waals surface area contributed by atoms with Gasteiger partial charge in [0.05, 0.1) is 16.6 Å². The van der Waals surface area contributed by atoms with E-state index >= 15 is 0 Å². The molecule has 1 unspecified atom stereocenters. The van der Waals surface area contributed by atoms with E-state index in [1.54, 1.807) is 0 Å². The maximum atomic E-state index is 13.5. The normalized spacial score (nSPS) is 11.6. The van der Waals surface area contributed by atoms with Crippen LogP contribution in [0.25, 0.3) is 0 Å². The highest BCUT2D eigenvalue weighted by molar-refractivity contribution is 6.01. The number of halogens is 2. The summed E-state index contributed by atoms with van der Waals surface area (Å²) < 4.78 is 13.5. The zero-order valence-corrected chi connectivity index (χ0v) is 15.8. The van der Waals surface area contributed by atoms with Crippen LogP contribution in [0.15, 0.2) is 36.4 Å². The number of nitrogen functional groups attached to an aromatic ring is 1. The molecule has 0 aromatic heterocycles. The largest absolute Gasteiger partial charge is 0.393 e. The van der Waals surface area contributed by atoms with E-state index in [4.69, 9.17) is 11.5 Å². The van der Waals surface area contributed by atoms with Crippen LogP contribution in [0, 0.1) is 15.9 Å². The van der Waals surface area contributed by atoms with Gasteiger partial charge in [0.25, 0.3) is 11.6 Å². The highest BCUT2D eigenvalue weighted by Gasteiger charge is 2.22. The molecule has 7 nitrogen and oxygen atoms in total. The van der Waals surface area contributed by atoms with Crippen LogP contribution in [0.1, 0.15) is 47.3 Å². The molecule has 2 rings (SSSR count). The monoisotopic (exact) mass is 396 g/mol. The van der Waals surface area contributed by atoms with Crippen molar-refractivity contribution < 1.29 is 14.1 Å². The van der Waals surface area contributed by atoms with E-state index in [1.807, 2.05) is 24.3 Å². The van der Waals surface area contributed by atoms with E-state index in [9.17, 15) is 19.3 Å². The highest BCUT2D eigenvalue weighted by atomic mass is 35.5. The van der Waals surface area contributed by atoms with E-state index in [0.717, 1.165) is 11.6 Å². The molecule has 27 heavy (non-hydrogen) atoms. The number of benzene rings is 2. The third kappa shape index (κ3) is 5.38. The van der Waals surface area contributed by atoms with Gasteiger partial charge in [0.2, 0.25) is 0 Å². The molecule has 0 bridgehead atoms. The zero-order valence-electron chi connectivity index (χ0n) is 14.9. The number of carbonyl (C=O) groups is 1. The molecular formula is C18H22ClFN4O3. The molecule has 0 radical (unpaired) electrons. The van der Waals surface area contributed by atoms with Crippen molar-refractivity contribution in [2.45, 2.75) is 25.8 Å². The number of rotatable bonds is 6. The van der Waals surface area contributed by atoms with Gasteiger partial charge in [-0.3, -0.25) is 14.9 Å². The Hall–Kier alpha value is -2.71. The molecule has 0 aliphatic heterocycles. The summed E-state index contributed by atoms with van der Waals surface area (Å²) in [7, 11) is 0. The minimum Gasteiger partial charge on any atom is -0.393 e. The van der Waals surface area contributed by atoms with Crippen molar-refractivity contribution in [3.05, 3.63) is 69.0 Å². The Bertz CT molecular complexity index is 828. The molecule has 5 N–H and O–H groups in total. The summed E-state index contributed by atoms with van der Waals surface area (Å²) in [6, 6.07) is 8.76. The number of nitrogens with one attached hydrogen (secondary N) is 1. The van der Waals surface area contributed by atoms with Gasteiger partial charge in [0.1, 0.15) is 11.5 Å². The molecule has 0 heterocycles. The van der Waals surface area contributed by atoms with Gasteiger partial charge in [0.15, 0.2) is 0 Å². The van der Waals surface area contributed by atoms with Gasteiger partial charge in [0, 0.05) is 12.6 Å². The lowest BCUT2D eigenvalue weighted by molar-refractivity contribution is -0.384. The summed E-state index contributed by atoms with van der Waals surface area (Å²) in [5.74, 6) is -1.24. The van der Waals surface area contributed by atoms with Gasteiger partial charge in [-0.25, -0.2) is 4.39 Å². The minimum absolute atomic E-state index is 0. The third-order valence-electron chi connectivity index (χ3n) is 4.08. The molecule has 0 fully saturated rings. The predicted octanol–water partition coefficient (Wildman–Crippen LogP) is 3.29. The molecule has 0 aliphatic rings.